The van der Waals surface area contributed by atoms with Crippen molar-refractivity contribution in [3.63, 3.8) is 0 Å². The van der Waals surface area contributed by atoms with Gasteiger partial charge in [0, 0.05) is 13.1 Å². The number of aliphatic carboxylic acids is 1. The number of hydrogen-bond acceptors (Lipinski definition) is 3. The Labute approximate surface area is 134 Å². The highest BCUT2D eigenvalue weighted by Gasteiger charge is 2.47. The van der Waals surface area contributed by atoms with E-state index < -0.39 is 11.4 Å². The number of benzene rings is 1. The van der Waals surface area contributed by atoms with Gasteiger partial charge in [-0.2, -0.15) is 0 Å². The smallest absolute Gasteiger partial charge is 0.311 e. The maximum Gasteiger partial charge on any atom is 0.311 e. The van der Waals surface area contributed by atoms with Gasteiger partial charge in [-0.25, -0.2) is 0 Å². The van der Waals surface area contributed by atoms with E-state index in [9.17, 15) is 9.90 Å². The van der Waals surface area contributed by atoms with E-state index in [-0.39, 0.29) is 5.92 Å². The van der Waals surface area contributed by atoms with Crippen LogP contribution in [0.15, 0.2) is 22.7 Å². The third-order valence-corrected chi connectivity index (χ3v) is 5.15. The molecule has 4 nitrogen and oxygen atoms in total. The molecule has 0 amide bonds. The summed E-state index contributed by atoms with van der Waals surface area (Å²) in [5.41, 5.74) is 0.552. The largest absolute Gasteiger partial charge is 0.496 e. The zero-order chi connectivity index (χ0) is 15.6. The third kappa shape index (κ3) is 3.24. The fourth-order valence-electron chi connectivity index (χ4n) is 3.01. The first-order valence-corrected chi connectivity index (χ1v) is 7.96. The zero-order valence-electron chi connectivity index (χ0n) is 12.7. The number of likely N-dealkylation sites (tertiary alicyclic amines) is 1. The molecule has 5 heteroatoms. The first kappa shape index (κ1) is 16.3. The highest BCUT2D eigenvalue weighted by atomic mass is 79.9. The Bertz CT molecular complexity index is 532. The predicted molar refractivity (Wildman–Crippen MR) is 85.5 cm³/mol. The second-order valence-electron chi connectivity index (χ2n) is 6.05. The number of methoxy groups -OCH3 is 1. The van der Waals surface area contributed by atoms with E-state index in [0.717, 1.165) is 35.3 Å². The van der Waals surface area contributed by atoms with Crippen LogP contribution >= 0.6 is 15.9 Å². The van der Waals surface area contributed by atoms with Gasteiger partial charge in [0.1, 0.15) is 5.75 Å². The Morgan fingerprint density at radius 3 is 2.71 bits per heavy atom. The molecule has 0 spiro atoms. The summed E-state index contributed by atoms with van der Waals surface area (Å²) in [4.78, 5) is 13.9. The molecule has 0 bridgehead atoms. The summed E-state index contributed by atoms with van der Waals surface area (Å²) in [5.74, 6) is 0.278. The van der Waals surface area contributed by atoms with E-state index in [0.29, 0.717) is 6.54 Å². The standard InChI is InChI=1S/C16H22BrNO3/c1-11(2)16(15(19)20)6-7-18(10-16)9-12-4-5-14(21-3)13(17)8-12/h4-5,8,11H,6-7,9-10H2,1-3H3,(H,19,20). The Balaban J connectivity index is 2.09. The molecule has 0 radical (unpaired) electrons. The number of carboxylic acids is 1. The van der Waals surface area contributed by atoms with Crippen LogP contribution in [0.2, 0.25) is 0 Å². The summed E-state index contributed by atoms with van der Waals surface area (Å²) in [6, 6.07) is 6.00. The van der Waals surface area contributed by atoms with E-state index >= 15 is 0 Å². The average Bonchev–Trinajstić information content (AvgIpc) is 2.84. The highest BCUT2D eigenvalue weighted by molar-refractivity contribution is 9.10. The van der Waals surface area contributed by atoms with Crippen molar-refractivity contribution < 1.29 is 14.6 Å². The lowest BCUT2D eigenvalue weighted by molar-refractivity contribution is -0.151. The van der Waals surface area contributed by atoms with Crippen molar-refractivity contribution in [3.05, 3.63) is 28.2 Å². The van der Waals surface area contributed by atoms with Gasteiger partial charge in [0.15, 0.2) is 0 Å². The lowest BCUT2D eigenvalue weighted by Gasteiger charge is -2.28. The van der Waals surface area contributed by atoms with Gasteiger partial charge in [-0.15, -0.1) is 0 Å². The van der Waals surface area contributed by atoms with E-state index in [1.807, 2.05) is 32.0 Å². The number of nitrogens with zero attached hydrogens (tertiary/aromatic N) is 1. The van der Waals surface area contributed by atoms with Crippen LogP contribution in [0.1, 0.15) is 25.8 Å². The Hall–Kier alpha value is -1.07. The molecule has 1 fully saturated rings. The van der Waals surface area contributed by atoms with Gasteiger partial charge in [-0.05, 0) is 52.5 Å². The third-order valence-electron chi connectivity index (χ3n) is 4.53. The van der Waals surface area contributed by atoms with Gasteiger partial charge in [-0.1, -0.05) is 19.9 Å². The molecular weight excluding hydrogens is 334 g/mol. The van der Waals surface area contributed by atoms with Gasteiger partial charge in [0.05, 0.1) is 17.0 Å². The summed E-state index contributed by atoms with van der Waals surface area (Å²) >= 11 is 3.49. The van der Waals surface area contributed by atoms with Crippen molar-refractivity contribution in [2.75, 3.05) is 20.2 Å². The maximum absolute atomic E-state index is 11.6. The van der Waals surface area contributed by atoms with Crippen LogP contribution in [0.4, 0.5) is 0 Å². The quantitative estimate of drug-likeness (QED) is 0.879. The molecule has 1 unspecified atom stereocenters. The van der Waals surface area contributed by atoms with E-state index in [1.54, 1.807) is 7.11 Å². The van der Waals surface area contributed by atoms with Crippen molar-refractivity contribution in [2.45, 2.75) is 26.8 Å². The summed E-state index contributed by atoms with van der Waals surface area (Å²) in [5, 5.41) is 9.58. The second-order valence-corrected chi connectivity index (χ2v) is 6.90. The van der Waals surface area contributed by atoms with Crippen LogP contribution in [-0.2, 0) is 11.3 Å². The number of hydrogen-bond donors (Lipinski definition) is 1. The minimum absolute atomic E-state index is 0.141. The number of ether oxygens (including phenoxy) is 1. The van der Waals surface area contributed by atoms with Gasteiger partial charge >= 0.3 is 5.97 Å². The summed E-state index contributed by atoms with van der Waals surface area (Å²) in [6.07, 6.45) is 0.720. The zero-order valence-corrected chi connectivity index (χ0v) is 14.3. The molecule has 0 aliphatic carbocycles. The average molecular weight is 356 g/mol. The highest BCUT2D eigenvalue weighted by Crippen LogP contribution is 2.39. The molecule has 0 saturated carbocycles. The summed E-state index contributed by atoms with van der Waals surface area (Å²) in [6.45, 7) is 6.21. The Morgan fingerprint density at radius 2 is 2.24 bits per heavy atom. The first-order chi connectivity index (χ1) is 9.89. The predicted octanol–water partition coefficient (Wildman–Crippen LogP) is 3.39. The van der Waals surface area contributed by atoms with Crippen LogP contribution in [0.5, 0.6) is 5.75 Å². The fourth-order valence-corrected chi connectivity index (χ4v) is 3.60. The first-order valence-electron chi connectivity index (χ1n) is 7.17. The van der Waals surface area contributed by atoms with E-state index in [2.05, 4.69) is 20.8 Å². The van der Waals surface area contributed by atoms with Crippen LogP contribution in [0.3, 0.4) is 0 Å². The number of carbonyl (C=O) groups is 1. The van der Waals surface area contributed by atoms with Crippen molar-refractivity contribution in [1.29, 1.82) is 0 Å². The van der Waals surface area contributed by atoms with Crippen LogP contribution < -0.4 is 4.74 Å². The second kappa shape index (κ2) is 6.36. The molecule has 1 aromatic rings. The molecule has 21 heavy (non-hydrogen) atoms. The van der Waals surface area contributed by atoms with Crippen molar-refractivity contribution >= 4 is 21.9 Å². The SMILES string of the molecule is COc1ccc(CN2CCC(C(=O)O)(C(C)C)C2)cc1Br. The van der Waals surface area contributed by atoms with E-state index in [1.165, 1.54) is 0 Å². The molecule has 1 aliphatic rings. The topological polar surface area (TPSA) is 49.8 Å². The fraction of sp³-hybridized carbons (Fsp3) is 0.562. The van der Waals surface area contributed by atoms with Crippen LogP contribution in [-0.4, -0.2) is 36.2 Å². The molecule has 0 aromatic heterocycles. The normalized spacial score (nSPS) is 22.7. The van der Waals surface area contributed by atoms with Crippen molar-refractivity contribution in [1.82, 2.24) is 4.90 Å². The van der Waals surface area contributed by atoms with Crippen molar-refractivity contribution in [2.24, 2.45) is 11.3 Å². The molecule has 116 valence electrons. The molecule has 1 aliphatic heterocycles. The molecular formula is C16H22BrNO3. The van der Waals surface area contributed by atoms with Gasteiger partial charge in [0.2, 0.25) is 0 Å². The minimum Gasteiger partial charge on any atom is -0.496 e. The number of carboxylic acid groups (broad SMARTS) is 1. The lowest BCUT2D eigenvalue weighted by Crippen LogP contribution is -2.39. The molecule has 2 rings (SSSR count). The maximum atomic E-state index is 11.6. The van der Waals surface area contributed by atoms with Crippen LogP contribution in [0, 0.1) is 11.3 Å². The minimum atomic E-state index is -0.670. The van der Waals surface area contributed by atoms with E-state index in [4.69, 9.17) is 4.74 Å². The molecule has 1 N–H and O–H groups in total. The molecule has 1 heterocycles. The molecule has 1 saturated heterocycles. The molecule has 1 aromatic carbocycles. The summed E-state index contributed by atoms with van der Waals surface area (Å²) < 4.78 is 6.15. The van der Waals surface area contributed by atoms with Gasteiger partial charge in [-0.3, -0.25) is 9.69 Å². The van der Waals surface area contributed by atoms with Gasteiger partial charge in [0.25, 0.3) is 0 Å². The monoisotopic (exact) mass is 355 g/mol. The lowest BCUT2D eigenvalue weighted by atomic mass is 9.76. The van der Waals surface area contributed by atoms with Crippen molar-refractivity contribution in [3.8, 4) is 5.75 Å². The van der Waals surface area contributed by atoms with Gasteiger partial charge < -0.3 is 9.84 Å². The summed E-state index contributed by atoms with van der Waals surface area (Å²) in [7, 11) is 1.64. The molecule has 1 atom stereocenters. The number of rotatable bonds is 5. The Morgan fingerprint density at radius 1 is 1.52 bits per heavy atom. The Kier molecular flexibility index (Phi) is 4.94. The number of halogens is 1. The van der Waals surface area contributed by atoms with Crippen LogP contribution in [0.25, 0.3) is 0 Å².